The first-order valence-electron chi connectivity index (χ1n) is 5.67. The van der Waals surface area contributed by atoms with E-state index in [9.17, 15) is 4.79 Å². The molecule has 0 fully saturated rings. The normalized spacial score (nSPS) is 9.80. The Morgan fingerprint density at radius 1 is 1.20 bits per heavy atom. The van der Waals surface area contributed by atoms with Crippen molar-refractivity contribution in [3.05, 3.63) is 52.5 Å². The van der Waals surface area contributed by atoms with Crippen LogP contribution in [0, 0.1) is 11.3 Å². The highest BCUT2D eigenvalue weighted by Crippen LogP contribution is 2.22. The minimum Gasteiger partial charge on any atom is -0.399 e. The Balaban J connectivity index is 2.33. The number of amides is 1. The molecule has 100 valence electrons. The maximum absolute atomic E-state index is 12.1. The van der Waals surface area contributed by atoms with Gasteiger partial charge in [0.1, 0.15) is 6.07 Å². The van der Waals surface area contributed by atoms with Crippen molar-refractivity contribution in [2.45, 2.75) is 0 Å². The second kappa shape index (κ2) is 5.51. The van der Waals surface area contributed by atoms with Gasteiger partial charge < -0.3 is 16.8 Å². The molecule has 2 rings (SSSR count). The molecule has 2 aromatic rings. The number of nitrogens with two attached hydrogens (primary N) is 2. The van der Waals surface area contributed by atoms with Crippen LogP contribution in [-0.4, -0.2) is 5.91 Å². The molecule has 0 heterocycles. The molecule has 0 radical (unpaired) electrons. The van der Waals surface area contributed by atoms with Crippen LogP contribution in [0.3, 0.4) is 0 Å². The predicted molar refractivity (Wildman–Crippen MR) is 79.4 cm³/mol. The van der Waals surface area contributed by atoms with Gasteiger partial charge in [-0.1, -0.05) is 11.6 Å². The van der Waals surface area contributed by atoms with Crippen LogP contribution in [0.15, 0.2) is 36.4 Å². The Bertz CT molecular complexity index is 722. The number of anilines is 3. The summed E-state index contributed by atoms with van der Waals surface area (Å²) in [5.41, 5.74) is 13.0. The van der Waals surface area contributed by atoms with Crippen molar-refractivity contribution in [3.63, 3.8) is 0 Å². The molecule has 5 N–H and O–H groups in total. The van der Waals surface area contributed by atoms with E-state index >= 15 is 0 Å². The number of benzene rings is 2. The highest BCUT2D eigenvalue weighted by molar-refractivity contribution is 6.31. The van der Waals surface area contributed by atoms with Crippen LogP contribution in [0.25, 0.3) is 0 Å². The van der Waals surface area contributed by atoms with E-state index in [2.05, 4.69) is 5.32 Å². The summed E-state index contributed by atoms with van der Waals surface area (Å²) in [6, 6.07) is 11.2. The maximum atomic E-state index is 12.1. The average Bonchev–Trinajstić information content (AvgIpc) is 2.38. The van der Waals surface area contributed by atoms with Gasteiger partial charge in [-0.15, -0.1) is 0 Å². The first kappa shape index (κ1) is 13.7. The quantitative estimate of drug-likeness (QED) is 0.738. The zero-order valence-corrected chi connectivity index (χ0v) is 11.1. The molecule has 5 nitrogen and oxygen atoms in total. The number of halogens is 1. The van der Waals surface area contributed by atoms with E-state index in [0.29, 0.717) is 22.0 Å². The fourth-order valence-corrected chi connectivity index (χ4v) is 1.87. The van der Waals surface area contributed by atoms with Gasteiger partial charge in [-0.3, -0.25) is 4.79 Å². The molecule has 1 amide bonds. The molecule has 0 spiro atoms. The standard InChI is InChI=1S/C14H11ClN4O/c15-9-2-1-8(7-16)13(5-9)19-14(20)11-4-3-10(17)6-12(11)18/h1-6H,17-18H2,(H,19,20). The summed E-state index contributed by atoms with van der Waals surface area (Å²) < 4.78 is 0. The van der Waals surface area contributed by atoms with Crippen molar-refractivity contribution in [2.24, 2.45) is 0 Å². The summed E-state index contributed by atoms with van der Waals surface area (Å²) in [5.74, 6) is -0.429. The third-order valence-electron chi connectivity index (χ3n) is 2.67. The monoisotopic (exact) mass is 286 g/mol. The lowest BCUT2D eigenvalue weighted by molar-refractivity contribution is 0.102. The van der Waals surface area contributed by atoms with Gasteiger partial charge in [0.2, 0.25) is 0 Å². The first-order valence-corrected chi connectivity index (χ1v) is 6.05. The van der Waals surface area contributed by atoms with E-state index in [1.54, 1.807) is 12.1 Å². The van der Waals surface area contributed by atoms with Gasteiger partial charge in [0.05, 0.1) is 16.8 Å². The predicted octanol–water partition coefficient (Wildman–Crippen LogP) is 2.63. The maximum Gasteiger partial charge on any atom is 0.257 e. The van der Waals surface area contributed by atoms with E-state index in [1.807, 2.05) is 6.07 Å². The summed E-state index contributed by atoms with van der Waals surface area (Å²) in [4.78, 5) is 12.1. The molecular formula is C14H11ClN4O. The van der Waals surface area contributed by atoms with Gasteiger partial charge in [0.25, 0.3) is 5.91 Å². The Labute approximate surface area is 120 Å². The largest absolute Gasteiger partial charge is 0.399 e. The molecule has 0 saturated carbocycles. The zero-order valence-electron chi connectivity index (χ0n) is 10.4. The Morgan fingerprint density at radius 3 is 2.60 bits per heavy atom. The number of hydrogen-bond acceptors (Lipinski definition) is 4. The van der Waals surface area contributed by atoms with Crippen LogP contribution in [0.1, 0.15) is 15.9 Å². The number of nitrogens with one attached hydrogen (secondary N) is 1. The molecular weight excluding hydrogens is 276 g/mol. The van der Waals surface area contributed by atoms with Gasteiger partial charge in [-0.05, 0) is 36.4 Å². The third-order valence-corrected chi connectivity index (χ3v) is 2.91. The van der Waals surface area contributed by atoms with E-state index in [-0.39, 0.29) is 11.3 Å². The number of carbonyl (C=O) groups excluding carboxylic acids is 1. The average molecular weight is 287 g/mol. The second-order valence-corrected chi connectivity index (χ2v) is 4.54. The lowest BCUT2D eigenvalue weighted by Gasteiger charge is -2.09. The van der Waals surface area contributed by atoms with Gasteiger partial charge in [0.15, 0.2) is 0 Å². The molecule has 0 aromatic heterocycles. The number of nitrogen functional groups attached to an aromatic ring is 2. The van der Waals surface area contributed by atoms with E-state index < -0.39 is 5.91 Å². The van der Waals surface area contributed by atoms with Crippen LogP contribution < -0.4 is 16.8 Å². The third kappa shape index (κ3) is 2.82. The molecule has 6 heteroatoms. The van der Waals surface area contributed by atoms with Crippen molar-refractivity contribution in [1.29, 1.82) is 5.26 Å². The summed E-state index contributed by atoms with van der Waals surface area (Å²) in [5, 5.41) is 12.0. The summed E-state index contributed by atoms with van der Waals surface area (Å²) in [6.07, 6.45) is 0. The lowest BCUT2D eigenvalue weighted by atomic mass is 10.1. The van der Waals surface area contributed by atoms with Gasteiger partial charge >= 0.3 is 0 Å². The van der Waals surface area contributed by atoms with Crippen molar-refractivity contribution in [1.82, 2.24) is 0 Å². The zero-order chi connectivity index (χ0) is 14.7. The topological polar surface area (TPSA) is 105 Å². The molecule has 0 unspecified atom stereocenters. The second-order valence-electron chi connectivity index (χ2n) is 4.10. The Hall–Kier alpha value is -2.71. The van der Waals surface area contributed by atoms with Crippen LogP contribution >= 0.6 is 11.6 Å². The first-order chi connectivity index (χ1) is 9.51. The van der Waals surface area contributed by atoms with E-state index in [1.165, 1.54) is 24.3 Å². The van der Waals surface area contributed by atoms with Crippen molar-refractivity contribution >= 4 is 34.6 Å². The number of nitriles is 1. The smallest absolute Gasteiger partial charge is 0.257 e. The molecule has 2 aromatic carbocycles. The number of rotatable bonds is 2. The highest BCUT2D eigenvalue weighted by Gasteiger charge is 2.12. The molecule has 0 aliphatic rings. The number of carbonyl (C=O) groups is 1. The number of hydrogen-bond donors (Lipinski definition) is 3. The van der Waals surface area contributed by atoms with Crippen molar-refractivity contribution < 1.29 is 4.79 Å². The Morgan fingerprint density at radius 2 is 1.95 bits per heavy atom. The van der Waals surface area contributed by atoms with Crippen LogP contribution in [0.5, 0.6) is 0 Å². The summed E-state index contributed by atoms with van der Waals surface area (Å²) in [6.45, 7) is 0. The van der Waals surface area contributed by atoms with Crippen LogP contribution in [-0.2, 0) is 0 Å². The highest BCUT2D eigenvalue weighted by atomic mass is 35.5. The minimum absolute atomic E-state index is 0.267. The van der Waals surface area contributed by atoms with Gasteiger partial charge in [0, 0.05) is 16.4 Å². The van der Waals surface area contributed by atoms with Crippen molar-refractivity contribution in [3.8, 4) is 6.07 Å². The molecule has 0 saturated heterocycles. The van der Waals surface area contributed by atoms with Gasteiger partial charge in [-0.25, -0.2) is 0 Å². The molecule has 20 heavy (non-hydrogen) atoms. The van der Waals surface area contributed by atoms with Crippen LogP contribution in [0.4, 0.5) is 17.1 Å². The summed E-state index contributed by atoms with van der Waals surface area (Å²) >= 11 is 5.85. The van der Waals surface area contributed by atoms with Gasteiger partial charge in [-0.2, -0.15) is 5.26 Å². The lowest BCUT2D eigenvalue weighted by Crippen LogP contribution is -2.15. The molecule has 0 bridgehead atoms. The van der Waals surface area contributed by atoms with Crippen LogP contribution in [0.2, 0.25) is 5.02 Å². The van der Waals surface area contributed by atoms with E-state index in [0.717, 1.165) is 0 Å². The molecule has 0 atom stereocenters. The Kier molecular flexibility index (Phi) is 3.78. The number of nitrogens with zero attached hydrogens (tertiary/aromatic N) is 1. The molecule has 0 aliphatic heterocycles. The van der Waals surface area contributed by atoms with Crippen molar-refractivity contribution in [2.75, 3.05) is 16.8 Å². The fraction of sp³-hybridized carbons (Fsp3) is 0. The minimum atomic E-state index is -0.429. The van der Waals surface area contributed by atoms with E-state index in [4.69, 9.17) is 28.3 Å². The summed E-state index contributed by atoms with van der Waals surface area (Å²) in [7, 11) is 0. The SMILES string of the molecule is N#Cc1ccc(Cl)cc1NC(=O)c1ccc(N)cc1N. The fourth-order valence-electron chi connectivity index (χ4n) is 1.70. The molecule has 0 aliphatic carbocycles.